The van der Waals surface area contributed by atoms with E-state index in [0.29, 0.717) is 12.8 Å². The van der Waals surface area contributed by atoms with Crippen molar-refractivity contribution >= 4 is 13.7 Å². The van der Waals surface area contributed by atoms with Crippen LogP contribution in [0.25, 0.3) is 0 Å². The highest BCUT2D eigenvalue weighted by Gasteiger charge is 2.27. The molecule has 8 nitrogen and oxygen atoms in total. The van der Waals surface area contributed by atoms with Gasteiger partial charge in [0.15, 0.2) is 0 Å². The molecule has 330 valence electrons. The molecular weight excluding hydrogens is 707 g/mol. The van der Waals surface area contributed by atoms with Gasteiger partial charge < -0.3 is 21.1 Å². The number of nitrogens with two attached hydrogens (primary N) is 1. The van der Waals surface area contributed by atoms with Crippen LogP contribution in [0.4, 0.5) is 0 Å². The van der Waals surface area contributed by atoms with Crippen LogP contribution in [0.5, 0.6) is 0 Å². The summed E-state index contributed by atoms with van der Waals surface area (Å²) in [7, 11) is -4.31. The van der Waals surface area contributed by atoms with E-state index in [1.807, 2.05) is 0 Å². The standard InChI is InChI=1S/C46H95N2O6P/c1-3-5-7-9-11-13-15-17-19-20-21-22-23-24-26-27-29-31-33-35-37-39-45(49)44(43-54-55(51,52)53-42-41-47)48-46(50)40-38-36-34-32-30-28-25-18-16-14-12-10-8-6-4-2/h44-45,49H,3-43,47H2,1-2H3,(H,48,50)(H,51,52). The van der Waals surface area contributed by atoms with Gasteiger partial charge >= 0.3 is 7.82 Å². The van der Waals surface area contributed by atoms with Gasteiger partial charge in [0.25, 0.3) is 0 Å². The summed E-state index contributed by atoms with van der Waals surface area (Å²) >= 11 is 0. The van der Waals surface area contributed by atoms with Crippen molar-refractivity contribution in [1.29, 1.82) is 0 Å². The molecule has 0 radical (unpaired) electrons. The Bertz CT molecular complexity index is 834. The Labute approximate surface area is 342 Å². The molecule has 1 amide bonds. The van der Waals surface area contributed by atoms with Gasteiger partial charge in [-0.05, 0) is 12.8 Å². The van der Waals surface area contributed by atoms with Gasteiger partial charge in [-0.1, -0.05) is 239 Å². The van der Waals surface area contributed by atoms with E-state index in [9.17, 15) is 19.4 Å². The molecule has 0 aliphatic heterocycles. The van der Waals surface area contributed by atoms with Gasteiger partial charge in [-0.3, -0.25) is 13.8 Å². The molecule has 0 aliphatic carbocycles. The fourth-order valence-electron chi connectivity index (χ4n) is 7.55. The SMILES string of the molecule is CCCCCCCCCCCCCCCCCCCCCCCC(O)C(COP(=O)(O)OCCN)NC(=O)CCCCCCCCCCCCCCCCC. The molecule has 55 heavy (non-hydrogen) atoms. The first-order valence-corrected chi connectivity index (χ1v) is 25.6. The second kappa shape index (κ2) is 43.1. The van der Waals surface area contributed by atoms with Crippen LogP contribution in [0.3, 0.4) is 0 Å². The number of hydrogen-bond acceptors (Lipinski definition) is 6. The Morgan fingerprint density at radius 2 is 0.836 bits per heavy atom. The lowest BCUT2D eigenvalue weighted by atomic mass is 10.0. The summed E-state index contributed by atoms with van der Waals surface area (Å²) in [6, 6.07) is -0.768. The molecule has 0 aliphatic rings. The van der Waals surface area contributed by atoms with Gasteiger partial charge in [0.05, 0.1) is 25.4 Å². The lowest BCUT2D eigenvalue weighted by molar-refractivity contribution is -0.123. The Morgan fingerprint density at radius 1 is 0.527 bits per heavy atom. The fraction of sp³-hybridized carbons (Fsp3) is 0.978. The third-order valence-corrected chi connectivity index (χ3v) is 12.2. The third-order valence-electron chi connectivity index (χ3n) is 11.2. The highest BCUT2D eigenvalue weighted by Crippen LogP contribution is 2.43. The number of aliphatic hydroxyl groups is 1. The molecule has 0 fully saturated rings. The lowest BCUT2D eigenvalue weighted by Crippen LogP contribution is -2.46. The van der Waals surface area contributed by atoms with Crippen LogP contribution < -0.4 is 11.1 Å². The monoisotopic (exact) mass is 803 g/mol. The molecule has 0 rings (SSSR count). The number of unbranched alkanes of at least 4 members (excludes halogenated alkanes) is 34. The first-order valence-electron chi connectivity index (χ1n) is 24.2. The van der Waals surface area contributed by atoms with Crippen LogP contribution in [-0.2, 0) is 18.4 Å². The number of aliphatic hydroxyl groups excluding tert-OH is 1. The van der Waals surface area contributed by atoms with E-state index in [1.165, 1.54) is 193 Å². The molecule has 0 aromatic heterocycles. The lowest BCUT2D eigenvalue weighted by Gasteiger charge is -2.25. The Hall–Kier alpha value is -0.500. The summed E-state index contributed by atoms with van der Waals surface area (Å²) in [5.41, 5.74) is 5.39. The van der Waals surface area contributed by atoms with E-state index >= 15 is 0 Å². The molecule has 0 heterocycles. The summed E-state index contributed by atoms with van der Waals surface area (Å²) in [5.74, 6) is -0.156. The van der Waals surface area contributed by atoms with Gasteiger partial charge in [-0.15, -0.1) is 0 Å². The zero-order chi connectivity index (χ0) is 40.3. The topological polar surface area (TPSA) is 131 Å². The number of rotatable bonds is 46. The molecule has 0 bridgehead atoms. The Kier molecular flexibility index (Phi) is 42.7. The van der Waals surface area contributed by atoms with E-state index in [4.69, 9.17) is 14.8 Å². The molecule has 0 saturated carbocycles. The third kappa shape index (κ3) is 41.5. The fourth-order valence-corrected chi connectivity index (χ4v) is 8.31. The van der Waals surface area contributed by atoms with E-state index in [1.54, 1.807) is 0 Å². The Morgan fingerprint density at radius 3 is 1.16 bits per heavy atom. The van der Waals surface area contributed by atoms with Gasteiger partial charge in [0.2, 0.25) is 5.91 Å². The average Bonchev–Trinajstić information content (AvgIpc) is 3.17. The van der Waals surface area contributed by atoms with E-state index < -0.39 is 20.0 Å². The first kappa shape index (κ1) is 54.5. The van der Waals surface area contributed by atoms with Crippen molar-refractivity contribution in [3.63, 3.8) is 0 Å². The largest absolute Gasteiger partial charge is 0.472 e. The van der Waals surface area contributed by atoms with Crippen molar-refractivity contribution in [3.8, 4) is 0 Å². The smallest absolute Gasteiger partial charge is 0.391 e. The van der Waals surface area contributed by atoms with Gasteiger partial charge in [0.1, 0.15) is 0 Å². The molecule has 0 aromatic carbocycles. The van der Waals surface area contributed by atoms with Crippen LogP contribution in [0.15, 0.2) is 0 Å². The summed E-state index contributed by atoms with van der Waals surface area (Å²) in [6.45, 7) is 4.25. The predicted molar refractivity (Wildman–Crippen MR) is 236 cm³/mol. The summed E-state index contributed by atoms with van der Waals surface area (Å²) in [4.78, 5) is 22.8. The van der Waals surface area contributed by atoms with Crippen molar-refractivity contribution in [2.24, 2.45) is 5.73 Å². The van der Waals surface area contributed by atoms with Crippen molar-refractivity contribution in [2.75, 3.05) is 19.8 Å². The van der Waals surface area contributed by atoms with Crippen molar-refractivity contribution in [3.05, 3.63) is 0 Å². The number of phosphoric ester groups is 1. The van der Waals surface area contributed by atoms with Crippen LogP contribution in [0.1, 0.15) is 258 Å². The summed E-state index contributed by atoms with van der Waals surface area (Å²) < 4.78 is 22.2. The van der Waals surface area contributed by atoms with Crippen LogP contribution >= 0.6 is 7.82 Å². The second-order valence-electron chi connectivity index (χ2n) is 16.7. The number of carbonyl (C=O) groups is 1. The highest BCUT2D eigenvalue weighted by atomic mass is 31.2. The highest BCUT2D eigenvalue weighted by molar-refractivity contribution is 7.47. The molecule has 9 heteroatoms. The molecule has 3 unspecified atom stereocenters. The number of carbonyl (C=O) groups excluding carboxylic acids is 1. The van der Waals surface area contributed by atoms with Crippen molar-refractivity contribution < 1.29 is 28.4 Å². The quantitative estimate of drug-likeness (QED) is 0.0356. The number of nitrogens with one attached hydrogen (secondary N) is 1. The van der Waals surface area contributed by atoms with E-state index in [2.05, 4.69) is 19.2 Å². The summed E-state index contributed by atoms with van der Waals surface area (Å²) in [6.07, 6.45) is 46.9. The minimum atomic E-state index is -4.31. The maximum Gasteiger partial charge on any atom is 0.472 e. The maximum absolute atomic E-state index is 12.8. The molecule has 0 spiro atoms. The van der Waals surface area contributed by atoms with E-state index in [-0.39, 0.29) is 25.7 Å². The molecule has 0 aromatic rings. The van der Waals surface area contributed by atoms with E-state index in [0.717, 1.165) is 38.5 Å². The molecular formula is C46H95N2O6P. The minimum Gasteiger partial charge on any atom is -0.391 e. The maximum atomic E-state index is 12.8. The number of phosphoric acid groups is 1. The zero-order valence-corrected chi connectivity index (χ0v) is 37.6. The summed E-state index contributed by atoms with van der Waals surface area (Å²) in [5, 5.41) is 13.8. The normalized spacial score (nSPS) is 13.9. The van der Waals surface area contributed by atoms with Crippen molar-refractivity contribution in [2.45, 2.75) is 270 Å². The molecule has 3 atom stereocenters. The predicted octanol–water partition coefficient (Wildman–Crippen LogP) is 13.8. The first-order chi connectivity index (χ1) is 26.9. The molecule has 5 N–H and O–H groups in total. The number of hydrogen-bond donors (Lipinski definition) is 4. The van der Waals surface area contributed by atoms with Crippen LogP contribution in [0, 0.1) is 0 Å². The molecule has 0 saturated heterocycles. The minimum absolute atomic E-state index is 0.0927. The Balaban J connectivity index is 4.03. The average molecular weight is 803 g/mol. The van der Waals surface area contributed by atoms with Crippen LogP contribution in [-0.4, -0.2) is 47.8 Å². The number of amides is 1. The zero-order valence-electron chi connectivity index (χ0n) is 36.7. The van der Waals surface area contributed by atoms with Gasteiger partial charge in [-0.25, -0.2) is 4.57 Å². The van der Waals surface area contributed by atoms with Gasteiger partial charge in [-0.2, -0.15) is 0 Å². The van der Waals surface area contributed by atoms with Crippen molar-refractivity contribution in [1.82, 2.24) is 5.32 Å². The van der Waals surface area contributed by atoms with Crippen LogP contribution in [0.2, 0.25) is 0 Å². The van der Waals surface area contributed by atoms with Gasteiger partial charge in [0, 0.05) is 13.0 Å². The second-order valence-corrected chi connectivity index (χ2v) is 18.1.